The van der Waals surface area contributed by atoms with Crippen LogP contribution in [0.1, 0.15) is 58.3 Å². The number of ether oxygens (including phenoxy) is 2. The van der Waals surface area contributed by atoms with E-state index in [1.54, 1.807) is 37.3 Å². The summed E-state index contributed by atoms with van der Waals surface area (Å²) in [5.41, 5.74) is 0.615. The van der Waals surface area contributed by atoms with Crippen molar-refractivity contribution in [3.05, 3.63) is 60.2 Å². The second-order valence-electron chi connectivity index (χ2n) is 9.99. The van der Waals surface area contributed by atoms with Crippen molar-refractivity contribution in [1.29, 1.82) is 0 Å². The third kappa shape index (κ3) is 6.32. The summed E-state index contributed by atoms with van der Waals surface area (Å²) in [7, 11) is 0. The van der Waals surface area contributed by atoms with Crippen molar-refractivity contribution in [2.75, 3.05) is 13.3 Å². The van der Waals surface area contributed by atoms with Crippen molar-refractivity contribution in [2.24, 2.45) is 23.7 Å². The molecule has 2 aliphatic carbocycles. The van der Waals surface area contributed by atoms with Gasteiger partial charge < -0.3 is 9.47 Å². The van der Waals surface area contributed by atoms with E-state index in [1.165, 1.54) is 25.0 Å². The molecule has 0 N–H and O–H groups in total. The van der Waals surface area contributed by atoms with Crippen LogP contribution in [0.25, 0.3) is 11.1 Å². The summed E-state index contributed by atoms with van der Waals surface area (Å²) in [6.07, 6.45) is 12.0. The molecule has 0 unspecified atom stereocenters. The molecule has 0 spiro atoms. The number of alkyl halides is 1. The van der Waals surface area contributed by atoms with Gasteiger partial charge in [0.05, 0.1) is 12.5 Å². The second-order valence-corrected chi connectivity index (χ2v) is 9.99. The summed E-state index contributed by atoms with van der Waals surface area (Å²) in [5, 5.41) is 0. The van der Waals surface area contributed by atoms with Crippen LogP contribution in [-0.2, 0) is 4.79 Å². The highest BCUT2D eigenvalue weighted by Gasteiger charge is 2.33. The van der Waals surface area contributed by atoms with E-state index in [1.807, 2.05) is 6.08 Å². The number of hydrogen-bond acceptors (Lipinski definition) is 3. The molecule has 36 heavy (non-hydrogen) atoms. The van der Waals surface area contributed by atoms with E-state index < -0.39 is 11.6 Å². The summed E-state index contributed by atoms with van der Waals surface area (Å²) in [5.74, 6) is -0.146. The number of carbonyl (C=O) groups is 1. The van der Waals surface area contributed by atoms with Crippen LogP contribution in [0.2, 0.25) is 0 Å². The Morgan fingerprint density at radius 3 is 2.14 bits per heavy atom. The maximum absolute atomic E-state index is 14.5. The molecule has 2 fully saturated rings. The molecule has 2 aliphatic rings. The zero-order valence-corrected chi connectivity index (χ0v) is 20.9. The van der Waals surface area contributed by atoms with Gasteiger partial charge in [0.2, 0.25) is 5.82 Å². The molecule has 194 valence electrons. The highest BCUT2D eigenvalue weighted by atomic mass is 19.2. The minimum absolute atomic E-state index is 0.109. The maximum Gasteiger partial charge on any atom is 0.314 e. The maximum atomic E-state index is 14.5. The van der Waals surface area contributed by atoms with E-state index in [4.69, 9.17) is 9.47 Å². The van der Waals surface area contributed by atoms with E-state index >= 15 is 0 Å². The summed E-state index contributed by atoms with van der Waals surface area (Å²) >= 11 is 0. The number of hydrogen-bond donors (Lipinski definition) is 0. The van der Waals surface area contributed by atoms with Crippen LogP contribution in [-0.4, -0.2) is 19.3 Å². The third-order valence-electron chi connectivity index (χ3n) is 7.82. The predicted octanol–water partition coefficient (Wildman–Crippen LogP) is 8.07. The molecule has 0 amide bonds. The normalized spacial score (nSPS) is 24.6. The largest absolute Gasteiger partial charge is 0.491 e. The smallest absolute Gasteiger partial charge is 0.314 e. The Kier molecular flexibility index (Phi) is 9.11. The highest BCUT2D eigenvalue weighted by molar-refractivity contribution is 5.75. The number of rotatable bonds is 8. The van der Waals surface area contributed by atoms with Crippen molar-refractivity contribution in [3.63, 3.8) is 0 Å². The lowest BCUT2D eigenvalue weighted by Crippen LogP contribution is -2.30. The van der Waals surface area contributed by atoms with Crippen molar-refractivity contribution >= 4 is 5.97 Å². The lowest BCUT2D eigenvalue weighted by molar-refractivity contribution is -0.140. The van der Waals surface area contributed by atoms with E-state index in [-0.39, 0.29) is 36.5 Å². The van der Waals surface area contributed by atoms with Crippen molar-refractivity contribution in [1.82, 2.24) is 0 Å². The number of carbonyl (C=O) groups excluding carboxylic acids is 1. The number of benzene rings is 2. The zero-order chi connectivity index (χ0) is 25.5. The van der Waals surface area contributed by atoms with Crippen LogP contribution in [0, 0.1) is 35.3 Å². The fourth-order valence-electron chi connectivity index (χ4n) is 5.80. The molecule has 2 saturated carbocycles. The van der Waals surface area contributed by atoms with Gasteiger partial charge in [-0.3, -0.25) is 4.79 Å². The summed E-state index contributed by atoms with van der Waals surface area (Å²) in [4.78, 5) is 12.8. The SMILES string of the molecule is CCOc1ccc(-c2ccc(OC(=O)C3CCC(C4CCC(/C=C/CF)CC4)CC3)cc2)c(F)c1F. The molecule has 0 bridgehead atoms. The van der Waals surface area contributed by atoms with Crippen LogP contribution >= 0.6 is 0 Å². The van der Waals surface area contributed by atoms with Gasteiger partial charge in [-0.25, -0.2) is 8.78 Å². The minimum atomic E-state index is -1.01. The quantitative estimate of drug-likeness (QED) is 0.209. The molecule has 3 nitrogen and oxygen atoms in total. The number of esters is 1. The van der Waals surface area contributed by atoms with E-state index in [2.05, 4.69) is 0 Å². The van der Waals surface area contributed by atoms with Crippen LogP contribution in [0.3, 0.4) is 0 Å². The van der Waals surface area contributed by atoms with Crippen LogP contribution in [0.4, 0.5) is 13.2 Å². The molecular formula is C30H35F3O3. The van der Waals surface area contributed by atoms with E-state index in [0.717, 1.165) is 38.5 Å². The van der Waals surface area contributed by atoms with Crippen LogP contribution in [0.15, 0.2) is 48.6 Å². The zero-order valence-electron chi connectivity index (χ0n) is 20.9. The minimum Gasteiger partial charge on any atom is -0.491 e. The van der Waals surface area contributed by atoms with Gasteiger partial charge >= 0.3 is 5.97 Å². The first-order chi connectivity index (χ1) is 17.5. The van der Waals surface area contributed by atoms with Crippen molar-refractivity contribution < 1.29 is 27.4 Å². The van der Waals surface area contributed by atoms with Crippen LogP contribution < -0.4 is 9.47 Å². The summed E-state index contributed by atoms with van der Waals surface area (Å²) in [6, 6.07) is 9.37. The Bertz CT molecular complexity index is 1030. The Balaban J connectivity index is 1.27. The molecule has 0 saturated heterocycles. The lowest BCUT2D eigenvalue weighted by Gasteiger charge is -2.36. The third-order valence-corrected chi connectivity index (χ3v) is 7.82. The monoisotopic (exact) mass is 500 g/mol. The first-order valence-corrected chi connectivity index (χ1v) is 13.2. The Morgan fingerprint density at radius 2 is 1.53 bits per heavy atom. The molecule has 0 atom stereocenters. The van der Waals surface area contributed by atoms with Gasteiger partial charge in [-0.1, -0.05) is 24.3 Å². The molecule has 0 heterocycles. The summed E-state index contributed by atoms with van der Waals surface area (Å²) in [6.45, 7) is 1.57. The van der Waals surface area contributed by atoms with Gasteiger partial charge in [0, 0.05) is 5.56 Å². The van der Waals surface area contributed by atoms with E-state index in [0.29, 0.717) is 29.1 Å². The van der Waals surface area contributed by atoms with Gasteiger partial charge in [-0.2, -0.15) is 4.39 Å². The fourth-order valence-corrected chi connectivity index (χ4v) is 5.80. The molecule has 2 aromatic carbocycles. The topological polar surface area (TPSA) is 35.5 Å². The predicted molar refractivity (Wildman–Crippen MR) is 135 cm³/mol. The molecule has 0 aromatic heterocycles. The Morgan fingerprint density at radius 1 is 0.889 bits per heavy atom. The molecule has 4 rings (SSSR count). The van der Waals surface area contributed by atoms with Crippen LogP contribution in [0.5, 0.6) is 11.5 Å². The molecule has 6 heteroatoms. The lowest BCUT2D eigenvalue weighted by atomic mass is 9.69. The van der Waals surface area contributed by atoms with Crippen molar-refractivity contribution in [3.8, 4) is 22.6 Å². The summed E-state index contributed by atoms with van der Waals surface area (Å²) < 4.78 is 51.8. The average molecular weight is 501 g/mol. The van der Waals surface area contributed by atoms with E-state index in [9.17, 15) is 18.0 Å². The fraction of sp³-hybridized carbons (Fsp3) is 0.500. The number of allylic oxidation sites excluding steroid dienone is 2. The molecule has 0 aliphatic heterocycles. The van der Waals surface area contributed by atoms with Gasteiger partial charge in [-0.15, -0.1) is 0 Å². The van der Waals surface area contributed by atoms with Gasteiger partial charge in [0.15, 0.2) is 11.6 Å². The van der Waals surface area contributed by atoms with Gasteiger partial charge in [0.25, 0.3) is 0 Å². The average Bonchev–Trinajstić information content (AvgIpc) is 2.91. The first-order valence-electron chi connectivity index (χ1n) is 13.2. The highest BCUT2D eigenvalue weighted by Crippen LogP contribution is 2.42. The van der Waals surface area contributed by atoms with Gasteiger partial charge in [-0.05, 0) is 106 Å². The van der Waals surface area contributed by atoms with Gasteiger partial charge in [0.1, 0.15) is 12.4 Å². The molecular weight excluding hydrogens is 465 g/mol. The standard InChI is InChI=1S/C30H35F3O3/c1-2-35-27-18-17-26(28(32)29(27)33)23-13-15-25(16-14-23)36-30(34)24-11-9-22(10-12-24)21-7-5-20(6-8-21)4-3-19-31/h3-4,13-18,20-22,24H,2,5-12,19H2,1H3/b4-3+. The first kappa shape index (κ1) is 26.3. The molecule has 0 radical (unpaired) electrons. The Labute approximate surface area is 211 Å². The van der Waals surface area contributed by atoms with Crippen molar-refractivity contribution in [2.45, 2.75) is 58.3 Å². The second kappa shape index (κ2) is 12.5. The molecule has 2 aromatic rings. The Hall–Kier alpha value is -2.76. The number of halogens is 3.